The van der Waals surface area contributed by atoms with Crippen LogP contribution in [0.3, 0.4) is 0 Å². The average Bonchev–Trinajstić information content (AvgIpc) is 1.30. The van der Waals surface area contributed by atoms with Crippen LogP contribution in [0.1, 0.15) is 6.92 Å². The Hall–Kier alpha value is 0.170. The topological polar surface area (TPSA) is 0 Å². The van der Waals surface area contributed by atoms with E-state index in [1.165, 1.54) is 0 Å². The summed E-state index contributed by atoms with van der Waals surface area (Å²) < 4.78 is 0. The fraction of sp³-hybridized carbons (Fsp3) is 0.667. The Morgan fingerprint density at radius 3 is 1.57 bits per heavy atom. The minimum Gasteiger partial charge on any atom is -0.0528 e. The first kappa shape index (κ1) is 7.17. The van der Waals surface area contributed by atoms with Crippen molar-refractivity contribution < 1.29 is 0 Å². The van der Waals surface area contributed by atoms with E-state index in [0.29, 0.717) is 0 Å². The summed E-state index contributed by atoms with van der Waals surface area (Å²) in [5.41, 5.74) is 0. The zero-order chi connectivity index (χ0) is 5.91. The van der Waals surface area contributed by atoms with Crippen LogP contribution in [0.5, 0.6) is 0 Å². The van der Waals surface area contributed by atoms with E-state index in [-0.39, 0.29) is 0 Å². The third-order valence-corrected chi connectivity index (χ3v) is 1.79. The zero-order valence-electron chi connectivity index (χ0n) is 5.60. The van der Waals surface area contributed by atoms with Gasteiger partial charge in [0.1, 0.15) is 0 Å². The predicted molar refractivity (Wildman–Crippen MR) is 39.5 cm³/mol. The van der Waals surface area contributed by atoms with Crippen molar-refractivity contribution in [1.29, 1.82) is 0 Å². The van der Waals surface area contributed by atoms with Gasteiger partial charge in [-0.2, -0.15) is 0 Å². The van der Waals surface area contributed by atoms with E-state index in [1.807, 2.05) is 0 Å². The summed E-state index contributed by atoms with van der Waals surface area (Å²) in [4.78, 5) is 0. The fourth-order valence-corrected chi connectivity index (χ4v) is 1.34. The SMILES string of the molecule is CC=C[P+](C)(C)C. The Labute approximate surface area is 47.0 Å². The molecule has 0 aromatic heterocycles. The number of hydrogen-bond donors (Lipinski definition) is 0. The summed E-state index contributed by atoms with van der Waals surface area (Å²) >= 11 is 0. The van der Waals surface area contributed by atoms with Gasteiger partial charge in [0.25, 0.3) is 0 Å². The molecule has 0 saturated heterocycles. The van der Waals surface area contributed by atoms with Crippen molar-refractivity contribution in [1.82, 2.24) is 0 Å². The molecule has 0 unspecified atom stereocenters. The van der Waals surface area contributed by atoms with Crippen molar-refractivity contribution in [2.45, 2.75) is 6.92 Å². The maximum Gasteiger partial charge on any atom is 0.0537 e. The van der Waals surface area contributed by atoms with Crippen LogP contribution in [0, 0.1) is 0 Å². The van der Waals surface area contributed by atoms with Crippen LogP contribution in [0.4, 0.5) is 0 Å². The molecular formula is C6H14P+. The first-order chi connectivity index (χ1) is 3.06. The molecule has 0 aliphatic heterocycles. The Morgan fingerprint density at radius 2 is 1.57 bits per heavy atom. The summed E-state index contributed by atoms with van der Waals surface area (Å²) in [5.74, 6) is 2.30. The Morgan fingerprint density at radius 1 is 1.14 bits per heavy atom. The molecule has 7 heavy (non-hydrogen) atoms. The first-order valence-electron chi connectivity index (χ1n) is 2.51. The van der Waals surface area contributed by atoms with Gasteiger partial charge in [0.15, 0.2) is 0 Å². The molecule has 0 rings (SSSR count). The second kappa shape index (κ2) is 2.47. The fourth-order valence-electron chi connectivity index (χ4n) is 0.447. The van der Waals surface area contributed by atoms with E-state index in [2.05, 4.69) is 38.8 Å². The van der Waals surface area contributed by atoms with Crippen molar-refractivity contribution in [3.8, 4) is 0 Å². The second-order valence-corrected chi connectivity index (χ2v) is 7.13. The van der Waals surface area contributed by atoms with Crippen molar-refractivity contribution in [2.24, 2.45) is 0 Å². The van der Waals surface area contributed by atoms with Crippen LogP contribution >= 0.6 is 7.26 Å². The smallest absolute Gasteiger partial charge is 0.0528 e. The standard InChI is InChI=1S/C6H14P/c1-5-6-7(2,3)4/h5-6H,1-4H3/q+1. The molecule has 0 N–H and O–H groups in total. The van der Waals surface area contributed by atoms with Gasteiger partial charge in [-0.3, -0.25) is 0 Å². The molecule has 1 heteroatoms. The van der Waals surface area contributed by atoms with Crippen LogP contribution in [-0.2, 0) is 0 Å². The molecule has 0 nitrogen and oxygen atoms in total. The van der Waals surface area contributed by atoms with Crippen LogP contribution in [0.25, 0.3) is 0 Å². The molecular weight excluding hydrogens is 103 g/mol. The van der Waals surface area contributed by atoms with Crippen molar-refractivity contribution in [2.75, 3.05) is 20.0 Å². The molecule has 0 heterocycles. The molecule has 0 atom stereocenters. The van der Waals surface area contributed by atoms with Crippen LogP contribution < -0.4 is 0 Å². The minimum absolute atomic E-state index is 0.596. The minimum atomic E-state index is -0.596. The summed E-state index contributed by atoms with van der Waals surface area (Å²) in [6.45, 7) is 8.97. The monoisotopic (exact) mass is 117 g/mol. The van der Waals surface area contributed by atoms with Gasteiger partial charge in [-0.25, -0.2) is 0 Å². The quantitative estimate of drug-likeness (QED) is 0.463. The molecule has 0 amide bonds. The first-order valence-corrected chi connectivity index (χ1v) is 5.71. The maximum absolute atomic E-state index is 2.30. The highest BCUT2D eigenvalue weighted by Gasteiger charge is 2.09. The van der Waals surface area contributed by atoms with Gasteiger partial charge in [-0.1, -0.05) is 6.08 Å². The summed E-state index contributed by atoms with van der Waals surface area (Å²) in [6.07, 6.45) is 2.13. The molecule has 42 valence electrons. The lowest BCUT2D eigenvalue weighted by atomic mass is 10.8. The number of rotatable bonds is 1. The molecule has 0 saturated carbocycles. The summed E-state index contributed by atoms with van der Waals surface area (Å²) in [6, 6.07) is 0. The maximum atomic E-state index is 2.30. The van der Waals surface area contributed by atoms with Gasteiger partial charge in [0.05, 0.1) is 25.8 Å². The van der Waals surface area contributed by atoms with Crippen LogP contribution in [0.15, 0.2) is 11.9 Å². The largest absolute Gasteiger partial charge is 0.0537 e. The molecule has 0 radical (unpaired) electrons. The lowest BCUT2D eigenvalue weighted by Gasteiger charge is -2.01. The number of hydrogen-bond acceptors (Lipinski definition) is 0. The van der Waals surface area contributed by atoms with E-state index < -0.39 is 7.26 Å². The van der Waals surface area contributed by atoms with Crippen LogP contribution in [-0.4, -0.2) is 20.0 Å². The van der Waals surface area contributed by atoms with Gasteiger partial charge in [-0.05, 0) is 6.92 Å². The van der Waals surface area contributed by atoms with Crippen molar-refractivity contribution in [3.63, 3.8) is 0 Å². The highest BCUT2D eigenvalue weighted by molar-refractivity contribution is 7.76. The molecule has 0 aliphatic rings. The van der Waals surface area contributed by atoms with E-state index in [1.54, 1.807) is 0 Å². The lowest BCUT2D eigenvalue weighted by Crippen LogP contribution is -1.74. The van der Waals surface area contributed by atoms with Gasteiger partial charge >= 0.3 is 0 Å². The highest BCUT2D eigenvalue weighted by Crippen LogP contribution is 2.47. The Kier molecular flexibility index (Phi) is 2.53. The van der Waals surface area contributed by atoms with E-state index in [4.69, 9.17) is 0 Å². The Bertz CT molecular complexity index is 66.7. The molecule has 0 aromatic carbocycles. The molecule has 0 aromatic rings. The van der Waals surface area contributed by atoms with E-state index in [0.717, 1.165) is 0 Å². The van der Waals surface area contributed by atoms with Crippen molar-refractivity contribution >= 4 is 7.26 Å². The number of allylic oxidation sites excluding steroid dienone is 1. The Balaban J connectivity index is 3.56. The van der Waals surface area contributed by atoms with Gasteiger partial charge in [0.2, 0.25) is 0 Å². The predicted octanol–water partition coefficient (Wildman–Crippen LogP) is 2.43. The third kappa shape index (κ3) is 6.17. The molecule has 0 aliphatic carbocycles. The summed E-state index contributed by atoms with van der Waals surface area (Å²) in [7, 11) is -0.596. The lowest BCUT2D eigenvalue weighted by molar-refractivity contribution is 1.77. The second-order valence-electron chi connectivity index (χ2n) is 2.60. The van der Waals surface area contributed by atoms with Gasteiger partial charge in [0, 0.05) is 7.26 Å². The van der Waals surface area contributed by atoms with Gasteiger partial charge in [-0.15, -0.1) is 0 Å². The molecule has 0 bridgehead atoms. The summed E-state index contributed by atoms with van der Waals surface area (Å²) in [5, 5.41) is 0. The normalized spacial score (nSPS) is 13.1. The third-order valence-electron chi connectivity index (χ3n) is 0.596. The highest BCUT2D eigenvalue weighted by atomic mass is 31.2. The van der Waals surface area contributed by atoms with Crippen LogP contribution in [0.2, 0.25) is 0 Å². The molecule has 0 fully saturated rings. The van der Waals surface area contributed by atoms with E-state index in [9.17, 15) is 0 Å². The van der Waals surface area contributed by atoms with Gasteiger partial charge < -0.3 is 0 Å². The average molecular weight is 117 g/mol. The van der Waals surface area contributed by atoms with Crippen molar-refractivity contribution in [3.05, 3.63) is 11.9 Å². The zero-order valence-corrected chi connectivity index (χ0v) is 6.50. The van der Waals surface area contributed by atoms with E-state index >= 15 is 0 Å². The molecule has 0 spiro atoms.